The molecule has 0 saturated carbocycles. The van der Waals surface area contributed by atoms with Crippen molar-refractivity contribution in [3.8, 4) is 0 Å². The molecule has 1 aromatic heterocycles. The molecule has 80 valence electrons. The molecule has 0 unspecified atom stereocenters. The van der Waals surface area contributed by atoms with E-state index < -0.39 is 0 Å². The summed E-state index contributed by atoms with van der Waals surface area (Å²) in [5, 5.41) is 1.96. The SMILES string of the molecule is C=Cc1ccsc1C(=[OH+])c1ccc(C)cc1. The molecule has 2 aromatic rings. The molecule has 16 heavy (non-hydrogen) atoms. The van der Waals surface area contributed by atoms with Crippen LogP contribution < -0.4 is 0 Å². The van der Waals surface area contributed by atoms with Crippen LogP contribution in [0.15, 0.2) is 42.3 Å². The Morgan fingerprint density at radius 1 is 1.25 bits per heavy atom. The van der Waals surface area contributed by atoms with Crippen molar-refractivity contribution in [1.82, 2.24) is 0 Å². The van der Waals surface area contributed by atoms with Crippen LogP contribution in [-0.2, 0) is 0 Å². The lowest BCUT2D eigenvalue weighted by Gasteiger charge is -1.96. The molecule has 1 heterocycles. The highest BCUT2D eigenvalue weighted by Gasteiger charge is 2.19. The van der Waals surface area contributed by atoms with E-state index in [0.29, 0.717) is 5.78 Å². The summed E-state index contributed by atoms with van der Waals surface area (Å²) < 4.78 is 0. The smallest absolute Gasteiger partial charge is 0.272 e. The molecular weight excluding hydrogens is 216 g/mol. The summed E-state index contributed by atoms with van der Waals surface area (Å²) in [6.07, 6.45) is 1.76. The van der Waals surface area contributed by atoms with Gasteiger partial charge in [-0.2, -0.15) is 0 Å². The molecule has 1 aromatic carbocycles. The van der Waals surface area contributed by atoms with E-state index in [4.69, 9.17) is 0 Å². The monoisotopic (exact) mass is 229 g/mol. The van der Waals surface area contributed by atoms with Crippen LogP contribution in [0.25, 0.3) is 6.08 Å². The minimum atomic E-state index is 0.324. The fourth-order valence-electron chi connectivity index (χ4n) is 1.51. The Morgan fingerprint density at radius 2 is 1.94 bits per heavy atom. The third-order valence-electron chi connectivity index (χ3n) is 2.46. The zero-order valence-electron chi connectivity index (χ0n) is 9.10. The highest BCUT2D eigenvalue weighted by Crippen LogP contribution is 2.21. The van der Waals surface area contributed by atoms with E-state index in [1.807, 2.05) is 42.6 Å². The van der Waals surface area contributed by atoms with Crippen LogP contribution in [0, 0.1) is 6.92 Å². The molecule has 0 saturated heterocycles. The van der Waals surface area contributed by atoms with Gasteiger partial charge in [-0.15, -0.1) is 11.3 Å². The van der Waals surface area contributed by atoms with Gasteiger partial charge in [0, 0.05) is 5.56 Å². The van der Waals surface area contributed by atoms with Crippen molar-refractivity contribution in [3.05, 3.63) is 63.9 Å². The van der Waals surface area contributed by atoms with E-state index >= 15 is 0 Å². The number of thiophene rings is 1. The zero-order valence-corrected chi connectivity index (χ0v) is 9.92. The second kappa shape index (κ2) is 4.45. The predicted molar refractivity (Wildman–Crippen MR) is 70.7 cm³/mol. The number of benzene rings is 1. The van der Waals surface area contributed by atoms with E-state index in [2.05, 4.69) is 6.58 Å². The number of aryl methyl sites for hydroxylation is 1. The molecule has 0 radical (unpaired) electrons. The van der Waals surface area contributed by atoms with Crippen LogP contribution in [0.5, 0.6) is 0 Å². The Bertz CT molecular complexity index is 520. The second-order valence-electron chi connectivity index (χ2n) is 3.62. The van der Waals surface area contributed by atoms with Crippen LogP contribution in [0.3, 0.4) is 0 Å². The number of ketones is 1. The van der Waals surface area contributed by atoms with E-state index in [-0.39, 0.29) is 0 Å². The molecular formula is C14H13OS+. The van der Waals surface area contributed by atoms with Crippen molar-refractivity contribution in [1.29, 1.82) is 0 Å². The van der Waals surface area contributed by atoms with Crippen molar-refractivity contribution in [2.75, 3.05) is 0 Å². The highest BCUT2D eigenvalue weighted by atomic mass is 32.1. The van der Waals surface area contributed by atoms with Gasteiger partial charge in [-0.3, -0.25) is 4.79 Å². The maximum atomic E-state index is 10.2. The molecule has 0 fully saturated rings. The van der Waals surface area contributed by atoms with E-state index in [0.717, 1.165) is 16.0 Å². The minimum absolute atomic E-state index is 0.324. The van der Waals surface area contributed by atoms with Crippen LogP contribution in [0.4, 0.5) is 0 Å². The Morgan fingerprint density at radius 3 is 2.56 bits per heavy atom. The number of carbonyl (C=O) groups excluding carboxylic acids is 1. The molecule has 0 bridgehead atoms. The normalized spacial score (nSPS) is 10.1. The third kappa shape index (κ3) is 1.97. The molecule has 0 aliphatic carbocycles. The van der Waals surface area contributed by atoms with Gasteiger partial charge < -0.3 is 0 Å². The summed E-state index contributed by atoms with van der Waals surface area (Å²) in [5.74, 6) is 0.324. The first-order valence-corrected chi connectivity index (χ1v) is 5.93. The average Bonchev–Trinajstić information content (AvgIpc) is 2.77. The predicted octanol–water partition coefficient (Wildman–Crippen LogP) is 3.64. The molecule has 0 atom stereocenters. The summed E-state index contributed by atoms with van der Waals surface area (Å²) in [6, 6.07) is 9.80. The lowest BCUT2D eigenvalue weighted by Crippen LogP contribution is -2.01. The highest BCUT2D eigenvalue weighted by molar-refractivity contribution is 7.12. The Labute approximate surface area is 99.1 Å². The third-order valence-corrected chi connectivity index (χ3v) is 3.39. The topological polar surface area (TPSA) is 21.4 Å². The van der Waals surface area contributed by atoms with Crippen molar-refractivity contribution in [2.45, 2.75) is 6.92 Å². The van der Waals surface area contributed by atoms with E-state index in [1.165, 1.54) is 16.9 Å². The minimum Gasteiger partial charge on any atom is -0.272 e. The van der Waals surface area contributed by atoms with Gasteiger partial charge in [0.05, 0.1) is 5.56 Å². The lowest BCUT2D eigenvalue weighted by molar-refractivity contribution is 0.680. The maximum absolute atomic E-state index is 10.2. The molecule has 0 aliphatic heterocycles. The average molecular weight is 229 g/mol. The van der Waals surface area contributed by atoms with Crippen LogP contribution in [-0.4, -0.2) is 10.6 Å². The van der Waals surface area contributed by atoms with Crippen molar-refractivity contribution >= 4 is 23.2 Å². The summed E-state index contributed by atoms with van der Waals surface area (Å²) >= 11 is 1.52. The van der Waals surface area contributed by atoms with Gasteiger partial charge in [-0.05, 0) is 30.5 Å². The first-order chi connectivity index (χ1) is 7.72. The summed E-state index contributed by atoms with van der Waals surface area (Å²) in [4.78, 5) is 11.0. The van der Waals surface area contributed by atoms with Crippen LogP contribution in [0.1, 0.15) is 21.6 Å². The standard InChI is InChI=1S/C14H12OS/c1-3-11-8-9-16-14(11)13(15)12-6-4-10(2)5-7-12/h3-9H,1H2,2H3/p+1. The number of hydrogen-bond acceptors (Lipinski definition) is 1. The van der Waals surface area contributed by atoms with Gasteiger partial charge in [0.2, 0.25) is 0 Å². The van der Waals surface area contributed by atoms with Gasteiger partial charge in [-0.25, -0.2) is 0 Å². The molecule has 2 heteroatoms. The fourth-order valence-corrected chi connectivity index (χ4v) is 2.38. The van der Waals surface area contributed by atoms with Crippen molar-refractivity contribution in [3.63, 3.8) is 0 Å². The number of hydrogen-bond donors (Lipinski definition) is 0. The maximum Gasteiger partial charge on any atom is 0.364 e. The fraction of sp³-hybridized carbons (Fsp3) is 0.0714. The zero-order chi connectivity index (χ0) is 11.5. The molecule has 0 spiro atoms. The van der Waals surface area contributed by atoms with Crippen LogP contribution >= 0.6 is 11.3 Å². The molecule has 1 N–H and O–H groups in total. The van der Waals surface area contributed by atoms with E-state index in [9.17, 15) is 4.79 Å². The molecule has 0 aliphatic rings. The van der Waals surface area contributed by atoms with Crippen molar-refractivity contribution < 1.29 is 4.79 Å². The summed E-state index contributed by atoms with van der Waals surface area (Å²) in [7, 11) is 0. The van der Waals surface area contributed by atoms with Crippen LogP contribution in [0.2, 0.25) is 0 Å². The lowest BCUT2D eigenvalue weighted by atomic mass is 10.1. The molecule has 1 nitrogen and oxygen atoms in total. The van der Waals surface area contributed by atoms with E-state index in [1.54, 1.807) is 6.08 Å². The van der Waals surface area contributed by atoms with Gasteiger partial charge in [-0.1, -0.05) is 30.4 Å². The Balaban J connectivity index is 2.39. The van der Waals surface area contributed by atoms with Gasteiger partial charge in [0.15, 0.2) is 0 Å². The van der Waals surface area contributed by atoms with Crippen molar-refractivity contribution in [2.24, 2.45) is 0 Å². The summed E-state index contributed by atoms with van der Waals surface area (Å²) in [5.41, 5.74) is 3.01. The van der Waals surface area contributed by atoms with Gasteiger partial charge >= 0.3 is 5.78 Å². The first-order valence-electron chi connectivity index (χ1n) is 5.05. The van der Waals surface area contributed by atoms with Gasteiger partial charge in [0.25, 0.3) is 0 Å². The Kier molecular flexibility index (Phi) is 3.02. The van der Waals surface area contributed by atoms with Gasteiger partial charge in [0.1, 0.15) is 4.88 Å². The first kappa shape index (κ1) is 10.8. The number of rotatable bonds is 3. The summed E-state index contributed by atoms with van der Waals surface area (Å²) in [6.45, 7) is 5.77. The second-order valence-corrected chi connectivity index (χ2v) is 4.54. The quantitative estimate of drug-likeness (QED) is 0.566. The molecule has 0 amide bonds. The molecule has 2 rings (SSSR count). The Hall–Kier alpha value is -1.67. The largest absolute Gasteiger partial charge is 0.364 e.